The third-order valence-electron chi connectivity index (χ3n) is 4.47. The molecule has 2 nitrogen and oxygen atoms in total. The molecule has 3 aromatic carbocycles. The first-order valence-corrected chi connectivity index (χ1v) is 8.46. The van der Waals surface area contributed by atoms with Crippen molar-refractivity contribution in [3.8, 4) is 0 Å². The van der Waals surface area contributed by atoms with Gasteiger partial charge in [-0.25, -0.2) is 0 Å². The molecule has 0 saturated carbocycles. The van der Waals surface area contributed by atoms with Crippen LogP contribution in [0.25, 0.3) is 21.5 Å². The van der Waals surface area contributed by atoms with E-state index in [0.29, 0.717) is 0 Å². The van der Waals surface area contributed by atoms with Crippen LogP contribution in [0.1, 0.15) is 19.4 Å². The Kier molecular flexibility index (Phi) is 5.04. The first kappa shape index (κ1) is 15.7. The number of hydrogen-bond donors (Lipinski definition) is 0. The molecule has 0 N–H and O–H groups in total. The number of benzene rings is 3. The average Bonchev–Trinajstić information content (AvgIpc) is 2.61. The molecule has 0 bridgehead atoms. The molecule has 0 fully saturated rings. The minimum Gasteiger partial charge on any atom is -0.302 e. The molecular formula is C21H24N2. The van der Waals surface area contributed by atoms with Crippen LogP contribution in [-0.4, -0.2) is 37.3 Å². The lowest BCUT2D eigenvalue weighted by Gasteiger charge is -2.16. The fourth-order valence-corrected chi connectivity index (χ4v) is 3.08. The molecule has 3 rings (SSSR count). The average molecular weight is 304 g/mol. The van der Waals surface area contributed by atoms with Gasteiger partial charge in [0.2, 0.25) is 0 Å². The summed E-state index contributed by atoms with van der Waals surface area (Å²) in [6.07, 6.45) is 2.06. The highest BCUT2D eigenvalue weighted by atomic mass is 15.1. The van der Waals surface area contributed by atoms with E-state index in [0.717, 1.165) is 26.2 Å². The number of rotatable bonds is 6. The van der Waals surface area contributed by atoms with Gasteiger partial charge in [0.15, 0.2) is 0 Å². The van der Waals surface area contributed by atoms with E-state index in [4.69, 9.17) is 4.99 Å². The van der Waals surface area contributed by atoms with Crippen molar-refractivity contribution in [2.45, 2.75) is 13.8 Å². The van der Waals surface area contributed by atoms with Crippen molar-refractivity contribution < 1.29 is 0 Å². The van der Waals surface area contributed by atoms with E-state index >= 15 is 0 Å². The summed E-state index contributed by atoms with van der Waals surface area (Å²) in [6.45, 7) is 8.44. The standard InChI is InChI=1S/C21H24N2/c1-3-23(4-2)14-13-22-16-21-19-11-7-5-9-17(19)15-18-10-6-8-12-20(18)21/h5-12,15-16H,3-4,13-14H2,1-2H3. The van der Waals surface area contributed by atoms with Crippen LogP contribution >= 0.6 is 0 Å². The fourth-order valence-electron chi connectivity index (χ4n) is 3.08. The molecule has 0 aliphatic heterocycles. The van der Waals surface area contributed by atoms with Crippen molar-refractivity contribution in [2.24, 2.45) is 4.99 Å². The van der Waals surface area contributed by atoms with Crippen LogP contribution in [-0.2, 0) is 0 Å². The third kappa shape index (κ3) is 3.43. The molecule has 2 heteroatoms. The fraction of sp³-hybridized carbons (Fsp3) is 0.286. The molecule has 0 aliphatic rings. The summed E-state index contributed by atoms with van der Waals surface area (Å²) in [5, 5.41) is 5.10. The minimum atomic E-state index is 0.846. The molecule has 0 aromatic heterocycles. The Balaban J connectivity index is 1.97. The van der Waals surface area contributed by atoms with Gasteiger partial charge < -0.3 is 4.90 Å². The SMILES string of the molecule is CCN(CC)CCN=Cc1c2ccccc2cc2ccccc12. The second-order valence-electron chi connectivity index (χ2n) is 5.79. The molecule has 0 atom stereocenters. The van der Waals surface area contributed by atoms with Gasteiger partial charge in [-0.2, -0.15) is 0 Å². The quantitative estimate of drug-likeness (QED) is 0.474. The second-order valence-corrected chi connectivity index (χ2v) is 5.79. The van der Waals surface area contributed by atoms with Crippen molar-refractivity contribution in [2.75, 3.05) is 26.2 Å². The lowest BCUT2D eigenvalue weighted by Crippen LogP contribution is -2.25. The topological polar surface area (TPSA) is 15.6 Å². The van der Waals surface area contributed by atoms with Crippen molar-refractivity contribution >= 4 is 27.8 Å². The first-order chi connectivity index (χ1) is 11.3. The Hall–Kier alpha value is -2.19. The van der Waals surface area contributed by atoms with E-state index in [-0.39, 0.29) is 0 Å². The molecule has 3 aromatic rings. The van der Waals surface area contributed by atoms with E-state index in [9.17, 15) is 0 Å². The Morgan fingerprint density at radius 1 is 0.870 bits per heavy atom. The summed E-state index contributed by atoms with van der Waals surface area (Å²) >= 11 is 0. The highest BCUT2D eigenvalue weighted by Crippen LogP contribution is 2.27. The first-order valence-electron chi connectivity index (χ1n) is 8.46. The maximum atomic E-state index is 4.71. The lowest BCUT2D eigenvalue weighted by molar-refractivity contribution is 0.313. The van der Waals surface area contributed by atoms with Crippen LogP contribution in [0.5, 0.6) is 0 Å². The smallest absolute Gasteiger partial charge is 0.0517 e. The molecule has 0 spiro atoms. The van der Waals surface area contributed by atoms with Gasteiger partial charge in [-0.15, -0.1) is 0 Å². The predicted molar refractivity (Wildman–Crippen MR) is 102 cm³/mol. The number of likely N-dealkylation sites (N-methyl/N-ethyl adjacent to an activating group) is 1. The zero-order valence-corrected chi connectivity index (χ0v) is 14.0. The summed E-state index contributed by atoms with van der Waals surface area (Å²) in [5.41, 5.74) is 1.23. The van der Waals surface area contributed by atoms with Crippen molar-refractivity contribution in [1.82, 2.24) is 4.90 Å². The number of fused-ring (bicyclic) bond motifs is 2. The Morgan fingerprint density at radius 2 is 1.43 bits per heavy atom. The van der Waals surface area contributed by atoms with E-state index in [1.165, 1.54) is 27.1 Å². The van der Waals surface area contributed by atoms with Gasteiger partial charge in [-0.1, -0.05) is 62.4 Å². The number of hydrogen-bond acceptors (Lipinski definition) is 2. The zero-order valence-electron chi connectivity index (χ0n) is 14.0. The Labute approximate surface area is 138 Å². The van der Waals surface area contributed by atoms with Crippen molar-refractivity contribution in [3.63, 3.8) is 0 Å². The van der Waals surface area contributed by atoms with Crippen molar-refractivity contribution in [1.29, 1.82) is 0 Å². The van der Waals surface area contributed by atoms with Crippen LogP contribution in [0.4, 0.5) is 0 Å². The zero-order chi connectivity index (χ0) is 16.1. The third-order valence-corrected chi connectivity index (χ3v) is 4.47. The molecule has 0 heterocycles. The second kappa shape index (κ2) is 7.38. The molecule has 0 aliphatic carbocycles. The molecule has 0 radical (unpaired) electrons. The van der Waals surface area contributed by atoms with Crippen LogP contribution in [0, 0.1) is 0 Å². The lowest BCUT2D eigenvalue weighted by atomic mass is 9.97. The largest absolute Gasteiger partial charge is 0.302 e. The van der Waals surface area contributed by atoms with Gasteiger partial charge in [0, 0.05) is 18.3 Å². The van der Waals surface area contributed by atoms with E-state index < -0.39 is 0 Å². The summed E-state index contributed by atoms with van der Waals surface area (Å²) in [4.78, 5) is 7.11. The molecule has 0 amide bonds. The van der Waals surface area contributed by atoms with Crippen LogP contribution in [0.15, 0.2) is 59.6 Å². The monoisotopic (exact) mass is 304 g/mol. The molecule has 0 unspecified atom stereocenters. The van der Waals surface area contributed by atoms with E-state index in [1.807, 2.05) is 0 Å². The molecule has 0 saturated heterocycles. The van der Waals surface area contributed by atoms with Gasteiger partial charge in [0.05, 0.1) is 6.54 Å². The van der Waals surface area contributed by atoms with E-state index in [2.05, 4.69) is 79.6 Å². The maximum absolute atomic E-state index is 4.71. The van der Waals surface area contributed by atoms with E-state index in [1.54, 1.807) is 0 Å². The number of nitrogens with zero attached hydrogens (tertiary/aromatic N) is 2. The van der Waals surface area contributed by atoms with Crippen LogP contribution < -0.4 is 0 Å². The van der Waals surface area contributed by atoms with Gasteiger partial charge in [0.1, 0.15) is 0 Å². The highest BCUT2D eigenvalue weighted by Gasteiger charge is 2.05. The van der Waals surface area contributed by atoms with Crippen molar-refractivity contribution in [3.05, 3.63) is 60.2 Å². The van der Waals surface area contributed by atoms with Gasteiger partial charge in [0.25, 0.3) is 0 Å². The Morgan fingerprint density at radius 3 is 2.00 bits per heavy atom. The van der Waals surface area contributed by atoms with Gasteiger partial charge in [-0.05, 0) is 40.7 Å². The maximum Gasteiger partial charge on any atom is 0.0517 e. The van der Waals surface area contributed by atoms with Gasteiger partial charge >= 0.3 is 0 Å². The predicted octanol–water partition coefficient (Wildman–Crippen LogP) is 4.75. The summed E-state index contributed by atoms with van der Waals surface area (Å²) < 4.78 is 0. The highest BCUT2D eigenvalue weighted by molar-refractivity contribution is 6.13. The molecule has 118 valence electrons. The molecular weight excluding hydrogens is 280 g/mol. The molecule has 23 heavy (non-hydrogen) atoms. The summed E-state index contributed by atoms with van der Waals surface area (Å²) in [7, 11) is 0. The summed E-state index contributed by atoms with van der Waals surface area (Å²) in [6, 6.07) is 19.4. The minimum absolute atomic E-state index is 0.846. The Bertz CT molecular complexity index is 762. The van der Waals surface area contributed by atoms with Gasteiger partial charge in [-0.3, -0.25) is 4.99 Å². The summed E-state index contributed by atoms with van der Waals surface area (Å²) in [5.74, 6) is 0. The number of aliphatic imine (C=N–C) groups is 1. The van der Waals surface area contributed by atoms with Crippen LogP contribution in [0.3, 0.4) is 0 Å². The van der Waals surface area contributed by atoms with Crippen LogP contribution in [0.2, 0.25) is 0 Å². The normalized spacial score (nSPS) is 12.0.